The van der Waals surface area contributed by atoms with E-state index in [0.29, 0.717) is 16.7 Å². The van der Waals surface area contributed by atoms with Crippen molar-refractivity contribution in [1.82, 2.24) is 4.98 Å². The average molecular weight is 374 g/mol. The van der Waals surface area contributed by atoms with E-state index in [1.165, 1.54) is 0 Å². The van der Waals surface area contributed by atoms with Gasteiger partial charge in [0.1, 0.15) is 11.6 Å². The summed E-state index contributed by atoms with van der Waals surface area (Å²) in [6.07, 6.45) is 4.21. The molecule has 0 saturated heterocycles. The molecule has 3 rings (SSSR count). The van der Waals surface area contributed by atoms with Crippen LogP contribution in [-0.2, 0) is 0 Å². The number of carbonyl (C=O) groups is 1. The van der Waals surface area contributed by atoms with Crippen LogP contribution in [-0.4, -0.2) is 23.0 Å². The molecule has 1 aromatic heterocycles. The zero-order chi connectivity index (χ0) is 18.7. The Hall–Kier alpha value is -2.31. The lowest BCUT2D eigenvalue weighted by molar-refractivity contribution is 0.100. The number of nitrogens with two attached hydrogens (primary N) is 2. The molecule has 0 bridgehead atoms. The Balaban J connectivity index is 1.92. The maximum atomic E-state index is 11.8. The van der Waals surface area contributed by atoms with Gasteiger partial charge in [-0.1, -0.05) is 36.6 Å². The van der Waals surface area contributed by atoms with Gasteiger partial charge < -0.3 is 22.1 Å². The molecule has 138 valence electrons. The molecule has 1 unspecified atom stereocenters. The van der Waals surface area contributed by atoms with E-state index in [0.717, 1.165) is 36.9 Å². The molecule has 2 atom stereocenters. The van der Waals surface area contributed by atoms with Crippen LogP contribution in [0.5, 0.6) is 0 Å². The Labute approximate surface area is 158 Å². The molecular formula is C19H24ClN5O. The molecule has 26 heavy (non-hydrogen) atoms. The number of benzene rings is 1. The molecule has 6 N–H and O–H groups in total. The van der Waals surface area contributed by atoms with Crippen molar-refractivity contribution in [3.63, 3.8) is 0 Å². The minimum Gasteiger partial charge on any atom is -0.365 e. The van der Waals surface area contributed by atoms with E-state index in [9.17, 15) is 4.79 Å². The summed E-state index contributed by atoms with van der Waals surface area (Å²) >= 11 is 6.34. The van der Waals surface area contributed by atoms with Crippen LogP contribution >= 0.6 is 11.6 Å². The van der Waals surface area contributed by atoms with Crippen LogP contribution in [0.4, 0.5) is 17.3 Å². The number of anilines is 3. The summed E-state index contributed by atoms with van der Waals surface area (Å²) in [7, 11) is 0. The highest BCUT2D eigenvalue weighted by atomic mass is 35.5. The number of amides is 1. The number of aromatic nitrogens is 1. The summed E-state index contributed by atoms with van der Waals surface area (Å²) in [5, 5.41) is 6.86. The lowest BCUT2D eigenvalue weighted by atomic mass is 9.91. The van der Waals surface area contributed by atoms with Gasteiger partial charge in [0, 0.05) is 17.8 Å². The van der Waals surface area contributed by atoms with E-state index in [1.807, 2.05) is 31.2 Å². The number of nitrogens with zero attached hydrogens (tertiary/aromatic N) is 1. The lowest BCUT2D eigenvalue weighted by Crippen LogP contribution is -2.42. The Morgan fingerprint density at radius 3 is 2.69 bits per heavy atom. The molecular weight excluding hydrogens is 350 g/mol. The average Bonchev–Trinajstić information content (AvgIpc) is 2.59. The van der Waals surface area contributed by atoms with Gasteiger partial charge in [-0.25, -0.2) is 4.98 Å². The van der Waals surface area contributed by atoms with Gasteiger partial charge in [0.25, 0.3) is 5.91 Å². The number of rotatable bonds is 5. The third-order valence-corrected chi connectivity index (χ3v) is 4.95. The predicted octanol–water partition coefficient (Wildman–Crippen LogP) is 3.57. The molecule has 6 nitrogen and oxygen atoms in total. The van der Waals surface area contributed by atoms with E-state index in [-0.39, 0.29) is 17.6 Å². The van der Waals surface area contributed by atoms with Crippen molar-refractivity contribution in [1.29, 1.82) is 0 Å². The van der Waals surface area contributed by atoms with Gasteiger partial charge in [0.05, 0.1) is 10.6 Å². The van der Waals surface area contributed by atoms with Crippen molar-refractivity contribution in [3.05, 3.63) is 46.5 Å². The topological polar surface area (TPSA) is 106 Å². The van der Waals surface area contributed by atoms with E-state index in [1.54, 1.807) is 6.07 Å². The number of pyridine rings is 1. The lowest BCUT2D eigenvalue weighted by Gasteiger charge is -2.30. The SMILES string of the molecule is Cc1cccc(Nc2nc(NC3CCCC[C@@H]3N)c(Cl)cc2C(N)=O)c1. The molecule has 0 aliphatic heterocycles. The first-order chi connectivity index (χ1) is 12.4. The molecule has 1 saturated carbocycles. The van der Waals surface area contributed by atoms with Crippen LogP contribution in [0.1, 0.15) is 41.6 Å². The Morgan fingerprint density at radius 2 is 2.00 bits per heavy atom. The zero-order valence-electron chi connectivity index (χ0n) is 14.8. The first kappa shape index (κ1) is 18.5. The third-order valence-electron chi connectivity index (χ3n) is 4.66. The minimum absolute atomic E-state index is 0.0608. The molecule has 1 amide bonds. The maximum Gasteiger partial charge on any atom is 0.252 e. The summed E-state index contributed by atoms with van der Waals surface area (Å²) in [6.45, 7) is 1.99. The highest BCUT2D eigenvalue weighted by molar-refractivity contribution is 6.33. The first-order valence-corrected chi connectivity index (χ1v) is 9.18. The number of halogens is 1. The van der Waals surface area contributed by atoms with Gasteiger partial charge in [-0.15, -0.1) is 0 Å². The number of hydrogen-bond donors (Lipinski definition) is 4. The van der Waals surface area contributed by atoms with Gasteiger partial charge in [-0.2, -0.15) is 0 Å². The summed E-state index contributed by atoms with van der Waals surface area (Å²) < 4.78 is 0. The standard InChI is InChI=1S/C19H24ClN5O/c1-11-5-4-6-12(9-11)23-18-13(17(22)26)10-14(20)19(25-18)24-16-8-3-2-7-15(16)21/h4-6,9-10,15-16H,2-3,7-8,21H2,1H3,(H2,22,26)(H2,23,24,25)/t15-,16?/m0/s1. The highest BCUT2D eigenvalue weighted by Gasteiger charge is 2.24. The molecule has 0 radical (unpaired) electrons. The number of carbonyl (C=O) groups excluding carboxylic acids is 1. The predicted molar refractivity (Wildman–Crippen MR) is 106 cm³/mol. The number of hydrogen-bond acceptors (Lipinski definition) is 5. The van der Waals surface area contributed by atoms with Crippen LogP contribution in [0.25, 0.3) is 0 Å². The minimum atomic E-state index is -0.588. The molecule has 0 spiro atoms. The van der Waals surface area contributed by atoms with Crippen molar-refractivity contribution in [3.8, 4) is 0 Å². The highest BCUT2D eigenvalue weighted by Crippen LogP contribution is 2.30. The number of primary amides is 1. The van der Waals surface area contributed by atoms with Crippen molar-refractivity contribution in [2.75, 3.05) is 10.6 Å². The van der Waals surface area contributed by atoms with E-state index < -0.39 is 5.91 Å². The van der Waals surface area contributed by atoms with E-state index in [2.05, 4.69) is 15.6 Å². The number of nitrogens with one attached hydrogen (secondary N) is 2. The number of aryl methyl sites for hydroxylation is 1. The van der Waals surface area contributed by atoms with Crippen LogP contribution in [0.2, 0.25) is 5.02 Å². The molecule has 1 fully saturated rings. The Morgan fingerprint density at radius 1 is 1.23 bits per heavy atom. The summed E-state index contributed by atoms with van der Waals surface area (Å²) in [6, 6.07) is 9.50. The quantitative estimate of drug-likeness (QED) is 0.641. The Bertz CT molecular complexity index is 811. The van der Waals surface area contributed by atoms with Gasteiger partial charge in [-0.05, 0) is 43.5 Å². The molecule has 2 aromatic rings. The fourth-order valence-corrected chi connectivity index (χ4v) is 3.45. The van der Waals surface area contributed by atoms with Crippen LogP contribution in [0.15, 0.2) is 30.3 Å². The van der Waals surface area contributed by atoms with E-state index in [4.69, 9.17) is 23.1 Å². The first-order valence-electron chi connectivity index (χ1n) is 8.80. The largest absolute Gasteiger partial charge is 0.365 e. The fraction of sp³-hybridized carbons (Fsp3) is 0.368. The van der Waals surface area contributed by atoms with Gasteiger partial charge in [0.15, 0.2) is 0 Å². The normalized spacial score (nSPS) is 19.8. The van der Waals surface area contributed by atoms with Crippen LogP contribution in [0, 0.1) is 6.92 Å². The fourth-order valence-electron chi connectivity index (χ4n) is 3.25. The van der Waals surface area contributed by atoms with Crippen molar-refractivity contribution < 1.29 is 4.79 Å². The molecule has 1 heterocycles. The van der Waals surface area contributed by atoms with Crippen LogP contribution < -0.4 is 22.1 Å². The maximum absolute atomic E-state index is 11.8. The second-order valence-corrected chi connectivity index (χ2v) is 7.18. The molecule has 1 aliphatic rings. The summed E-state index contributed by atoms with van der Waals surface area (Å²) in [5.41, 5.74) is 13.9. The van der Waals surface area contributed by atoms with Crippen LogP contribution in [0.3, 0.4) is 0 Å². The molecule has 1 aromatic carbocycles. The van der Waals surface area contributed by atoms with Crippen molar-refractivity contribution in [2.24, 2.45) is 11.5 Å². The van der Waals surface area contributed by atoms with Gasteiger partial charge in [-0.3, -0.25) is 4.79 Å². The summed E-state index contributed by atoms with van der Waals surface area (Å²) in [4.78, 5) is 16.4. The molecule has 7 heteroatoms. The second-order valence-electron chi connectivity index (χ2n) is 6.77. The van der Waals surface area contributed by atoms with Crippen molar-refractivity contribution >= 4 is 34.8 Å². The van der Waals surface area contributed by atoms with Gasteiger partial charge in [0.2, 0.25) is 0 Å². The van der Waals surface area contributed by atoms with Crippen molar-refractivity contribution in [2.45, 2.75) is 44.7 Å². The zero-order valence-corrected chi connectivity index (χ0v) is 15.5. The Kier molecular flexibility index (Phi) is 5.64. The molecule has 1 aliphatic carbocycles. The smallest absolute Gasteiger partial charge is 0.252 e. The monoisotopic (exact) mass is 373 g/mol. The van der Waals surface area contributed by atoms with E-state index >= 15 is 0 Å². The second kappa shape index (κ2) is 7.93. The summed E-state index contributed by atoms with van der Waals surface area (Å²) in [5.74, 6) is 0.295. The third kappa shape index (κ3) is 4.26. The van der Waals surface area contributed by atoms with Gasteiger partial charge >= 0.3 is 0 Å².